The zero-order chi connectivity index (χ0) is 16.2. The first-order valence-electron chi connectivity index (χ1n) is 7.93. The van der Waals surface area contributed by atoms with Crippen molar-refractivity contribution in [3.8, 4) is 11.3 Å². The Hall–Kier alpha value is -3.21. The van der Waals surface area contributed by atoms with Crippen LogP contribution in [0.15, 0.2) is 73.3 Å². The van der Waals surface area contributed by atoms with Crippen molar-refractivity contribution in [3.05, 3.63) is 79.0 Å². The second-order valence-electron chi connectivity index (χ2n) is 5.48. The molecule has 0 saturated heterocycles. The monoisotopic (exact) mass is 315 g/mol. The summed E-state index contributed by atoms with van der Waals surface area (Å²) >= 11 is 0. The second-order valence-corrected chi connectivity index (χ2v) is 5.48. The van der Waals surface area contributed by atoms with Crippen molar-refractivity contribution < 1.29 is 0 Å². The second kappa shape index (κ2) is 6.50. The van der Waals surface area contributed by atoms with Crippen LogP contribution in [0.3, 0.4) is 0 Å². The normalized spacial score (nSPS) is 10.8. The molecule has 0 fully saturated rings. The van der Waals surface area contributed by atoms with Crippen molar-refractivity contribution >= 4 is 11.5 Å². The molecule has 4 aromatic rings. The molecule has 4 rings (SSSR count). The summed E-state index contributed by atoms with van der Waals surface area (Å²) in [4.78, 5) is 13.3. The molecule has 5 heteroatoms. The van der Waals surface area contributed by atoms with Crippen LogP contribution >= 0.6 is 0 Å². The number of hydrogen-bond donors (Lipinski definition) is 1. The van der Waals surface area contributed by atoms with E-state index in [4.69, 9.17) is 0 Å². The van der Waals surface area contributed by atoms with Crippen LogP contribution in [0.25, 0.3) is 16.9 Å². The zero-order valence-electron chi connectivity index (χ0n) is 13.1. The Balaban J connectivity index is 1.57. The van der Waals surface area contributed by atoms with Gasteiger partial charge in [0.15, 0.2) is 11.5 Å². The van der Waals surface area contributed by atoms with Gasteiger partial charge in [-0.2, -0.15) is 0 Å². The summed E-state index contributed by atoms with van der Waals surface area (Å²) in [6.07, 6.45) is 8.28. The van der Waals surface area contributed by atoms with Crippen molar-refractivity contribution in [1.82, 2.24) is 19.4 Å². The van der Waals surface area contributed by atoms with Gasteiger partial charge in [-0.15, -0.1) is 0 Å². The minimum Gasteiger partial charge on any atom is -0.367 e. The molecule has 3 heterocycles. The highest BCUT2D eigenvalue weighted by molar-refractivity contribution is 5.70. The lowest BCUT2D eigenvalue weighted by atomic mass is 10.2. The standard InChI is InChI=1S/C19H17N5/c1-2-6-15(7-3-1)17-14-23-19-18(22-12-13-24(17)19)21-11-9-16-8-4-5-10-20-16/h1-8,10,12-14H,9,11H2,(H,21,22). The molecule has 0 bridgehead atoms. The average molecular weight is 315 g/mol. The first kappa shape index (κ1) is 14.4. The van der Waals surface area contributed by atoms with E-state index >= 15 is 0 Å². The number of nitrogens with zero attached hydrogens (tertiary/aromatic N) is 4. The van der Waals surface area contributed by atoms with Gasteiger partial charge in [-0.3, -0.25) is 9.38 Å². The molecular formula is C19H17N5. The molecule has 0 spiro atoms. The Labute approximate surface area is 140 Å². The van der Waals surface area contributed by atoms with Gasteiger partial charge in [-0.25, -0.2) is 9.97 Å². The van der Waals surface area contributed by atoms with Crippen LogP contribution in [-0.4, -0.2) is 25.9 Å². The number of rotatable bonds is 5. The van der Waals surface area contributed by atoms with Gasteiger partial charge in [0.25, 0.3) is 0 Å². The molecule has 1 aromatic carbocycles. The number of fused-ring (bicyclic) bond motifs is 1. The molecule has 5 nitrogen and oxygen atoms in total. The Bertz CT molecular complexity index is 932. The van der Waals surface area contributed by atoms with Gasteiger partial charge in [-0.1, -0.05) is 36.4 Å². The largest absolute Gasteiger partial charge is 0.367 e. The summed E-state index contributed by atoms with van der Waals surface area (Å²) in [6, 6.07) is 16.2. The molecule has 24 heavy (non-hydrogen) atoms. The highest BCUT2D eigenvalue weighted by atomic mass is 15.1. The number of hydrogen-bond acceptors (Lipinski definition) is 4. The molecule has 0 amide bonds. The number of pyridine rings is 1. The van der Waals surface area contributed by atoms with E-state index in [0.29, 0.717) is 0 Å². The minimum absolute atomic E-state index is 0.761. The van der Waals surface area contributed by atoms with Crippen molar-refractivity contribution in [1.29, 1.82) is 0 Å². The lowest BCUT2D eigenvalue weighted by molar-refractivity contribution is 0.951. The molecule has 0 aliphatic carbocycles. The summed E-state index contributed by atoms with van der Waals surface area (Å²) in [5.41, 5.74) is 4.08. The van der Waals surface area contributed by atoms with Gasteiger partial charge in [0.1, 0.15) is 0 Å². The summed E-state index contributed by atoms with van der Waals surface area (Å²) in [6.45, 7) is 0.761. The summed E-state index contributed by atoms with van der Waals surface area (Å²) in [5.74, 6) is 0.788. The molecule has 0 aliphatic heterocycles. The predicted molar refractivity (Wildman–Crippen MR) is 94.9 cm³/mol. The fourth-order valence-electron chi connectivity index (χ4n) is 2.72. The fraction of sp³-hybridized carbons (Fsp3) is 0.105. The topological polar surface area (TPSA) is 55.1 Å². The van der Waals surface area contributed by atoms with Crippen molar-refractivity contribution in [2.75, 3.05) is 11.9 Å². The van der Waals surface area contributed by atoms with Crippen molar-refractivity contribution in [2.45, 2.75) is 6.42 Å². The molecule has 1 N–H and O–H groups in total. The molecule has 0 radical (unpaired) electrons. The van der Waals surface area contributed by atoms with Gasteiger partial charge in [-0.05, 0) is 12.1 Å². The van der Waals surface area contributed by atoms with Gasteiger partial charge < -0.3 is 5.32 Å². The SMILES string of the molecule is c1ccc(-c2cnc3c(NCCc4ccccn4)nccn23)cc1. The van der Waals surface area contributed by atoms with E-state index in [0.717, 1.165) is 41.4 Å². The van der Waals surface area contributed by atoms with Gasteiger partial charge in [0.2, 0.25) is 0 Å². The van der Waals surface area contributed by atoms with Crippen LogP contribution in [0.2, 0.25) is 0 Å². The maximum atomic E-state index is 4.54. The Kier molecular flexibility index (Phi) is 3.90. The van der Waals surface area contributed by atoms with Crippen LogP contribution in [-0.2, 0) is 6.42 Å². The molecular weight excluding hydrogens is 298 g/mol. The third-order valence-corrected chi connectivity index (χ3v) is 3.90. The number of anilines is 1. The first-order valence-corrected chi connectivity index (χ1v) is 7.93. The minimum atomic E-state index is 0.761. The number of aromatic nitrogens is 4. The molecule has 0 aliphatic rings. The van der Waals surface area contributed by atoms with Gasteiger partial charge in [0, 0.05) is 42.8 Å². The van der Waals surface area contributed by atoms with Gasteiger partial charge >= 0.3 is 0 Å². The molecule has 3 aromatic heterocycles. The molecule has 0 saturated carbocycles. The summed E-state index contributed by atoms with van der Waals surface area (Å²) < 4.78 is 2.06. The smallest absolute Gasteiger partial charge is 0.180 e. The van der Waals surface area contributed by atoms with E-state index in [1.54, 1.807) is 6.20 Å². The lowest BCUT2D eigenvalue weighted by Gasteiger charge is -2.07. The van der Waals surface area contributed by atoms with Crippen LogP contribution in [0.4, 0.5) is 5.82 Å². The summed E-state index contributed by atoms with van der Waals surface area (Å²) in [5, 5.41) is 3.37. The Morgan fingerprint density at radius 3 is 2.58 bits per heavy atom. The Morgan fingerprint density at radius 1 is 0.875 bits per heavy atom. The maximum absolute atomic E-state index is 4.54. The number of nitrogens with one attached hydrogen (secondary N) is 1. The Morgan fingerprint density at radius 2 is 1.75 bits per heavy atom. The lowest BCUT2D eigenvalue weighted by Crippen LogP contribution is -2.08. The highest BCUT2D eigenvalue weighted by Gasteiger charge is 2.09. The molecule has 118 valence electrons. The van der Waals surface area contributed by atoms with E-state index in [9.17, 15) is 0 Å². The van der Waals surface area contributed by atoms with Gasteiger partial charge in [0.05, 0.1) is 11.9 Å². The average Bonchev–Trinajstić information content (AvgIpc) is 3.08. The van der Waals surface area contributed by atoms with Crippen LogP contribution < -0.4 is 5.32 Å². The fourth-order valence-corrected chi connectivity index (χ4v) is 2.72. The molecule has 0 atom stereocenters. The van der Waals surface area contributed by atoms with E-state index in [-0.39, 0.29) is 0 Å². The predicted octanol–water partition coefficient (Wildman–Crippen LogP) is 3.45. The zero-order valence-corrected chi connectivity index (χ0v) is 13.1. The first-order chi connectivity index (χ1) is 11.9. The van der Waals surface area contributed by atoms with Crippen LogP contribution in [0, 0.1) is 0 Å². The van der Waals surface area contributed by atoms with Crippen LogP contribution in [0.5, 0.6) is 0 Å². The quantitative estimate of drug-likeness (QED) is 0.613. The molecule has 0 unspecified atom stereocenters. The number of benzene rings is 1. The van der Waals surface area contributed by atoms with E-state index in [1.807, 2.05) is 55.0 Å². The van der Waals surface area contributed by atoms with Crippen LogP contribution in [0.1, 0.15) is 5.69 Å². The van der Waals surface area contributed by atoms with Crippen molar-refractivity contribution in [3.63, 3.8) is 0 Å². The number of imidazole rings is 1. The van der Waals surface area contributed by atoms with E-state index < -0.39 is 0 Å². The highest BCUT2D eigenvalue weighted by Crippen LogP contribution is 2.22. The van der Waals surface area contributed by atoms with E-state index in [1.165, 1.54) is 0 Å². The van der Waals surface area contributed by atoms with Crippen molar-refractivity contribution in [2.24, 2.45) is 0 Å². The third-order valence-electron chi connectivity index (χ3n) is 3.90. The maximum Gasteiger partial charge on any atom is 0.180 e. The summed E-state index contributed by atoms with van der Waals surface area (Å²) in [7, 11) is 0. The van der Waals surface area contributed by atoms with E-state index in [2.05, 4.69) is 36.8 Å². The third kappa shape index (κ3) is 2.84.